The van der Waals surface area contributed by atoms with E-state index in [0.29, 0.717) is 4.90 Å². The van der Waals surface area contributed by atoms with Crippen molar-refractivity contribution in [3.63, 3.8) is 0 Å². The molecule has 1 saturated heterocycles. The molecule has 0 bridgehead atoms. The van der Waals surface area contributed by atoms with Gasteiger partial charge in [0, 0.05) is 22.9 Å². The van der Waals surface area contributed by atoms with Crippen molar-refractivity contribution in [3.8, 4) is 6.07 Å². The molecule has 1 fully saturated rings. The van der Waals surface area contributed by atoms with Gasteiger partial charge in [-0.15, -0.1) is 0 Å². The number of nitrogens with zero attached hydrogens (tertiary/aromatic N) is 2. The van der Waals surface area contributed by atoms with Crippen molar-refractivity contribution in [1.29, 1.82) is 5.26 Å². The summed E-state index contributed by atoms with van der Waals surface area (Å²) in [5.74, 6) is -0.382. The lowest BCUT2D eigenvalue weighted by Gasteiger charge is -2.27. The third-order valence-electron chi connectivity index (χ3n) is 4.56. The highest BCUT2D eigenvalue weighted by molar-refractivity contribution is 8.00. The van der Waals surface area contributed by atoms with Crippen LogP contribution in [0.5, 0.6) is 0 Å². The Hall–Kier alpha value is -1.86. The van der Waals surface area contributed by atoms with Crippen molar-refractivity contribution in [2.24, 2.45) is 0 Å². The van der Waals surface area contributed by atoms with Crippen LogP contribution in [0.4, 0.5) is 0 Å². The standard InChI is InChI=1S/C19H20N2O4S3/c1-14-3-4-15(2)18(11-14)26-17-6-5-16(13-20)12-19(17)28(24,25)21-7-9-27(22,23)10-8-21/h3-6,11-12H,7-10H2,1-2H3. The molecule has 9 heteroatoms. The summed E-state index contributed by atoms with van der Waals surface area (Å²) in [6.45, 7) is 3.77. The fraction of sp³-hybridized carbons (Fsp3) is 0.316. The first-order valence-electron chi connectivity index (χ1n) is 8.62. The van der Waals surface area contributed by atoms with E-state index in [9.17, 15) is 22.1 Å². The topological polar surface area (TPSA) is 95.3 Å². The molecule has 2 aromatic carbocycles. The lowest BCUT2D eigenvalue weighted by Crippen LogP contribution is -2.43. The van der Waals surface area contributed by atoms with E-state index in [1.165, 1.54) is 22.1 Å². The van der Waals surface area contributed by atoms with Crippen LogP contribution in [0.3, 0.4) is 0 Å². The number of nitriles is 1. The molecular weight excluding hydrogens is 416 g/mol. The normalized spacial score (nSPS) is 17.2. The second-order valence-corrected chi connectivity index (χ2v) is 12.0. The third-order valence-corrected chi connectivity index (χ3v) is 9.47. The fourth-order valence-corrected chi connectivity index (χ4v) is 7.29. The Morgan fingerprint density at radius 1 is 1.04 bits per heavy atom. The summed E-state index contributed by atoms with van der Waals surface area (Å²) in [6, 6.07) is 12.5. The summed E-state index contributed by atoms with van der Waals surface area (Å²) in [4.78, 5) is 1.49. The number of aryl methyl sites for hydroxylation is 2. The molecule has 28 heavy (non-hydrogen) atoms. The minimum Gasteiger partial charge on any atom is -0.229 e. The fourth-order valence-electron chi connectivity index (χ4n) is 2.87. The third kappa shape index (κ3) is 4.41. The molecule has 0 radical (unpaired) electrons. The first-order chi connectivity index (χ1) is 13.1. The predicted octanol–water partition coefficient (Wildman–Crippen LogP) is 2.75. The van der Waals surface area contributed by atoms with Gasteiger partial charge in [0.1, 0.15) is 0 Å². The molecule has 0 atom stereocenters. The zero-order valence-electron chi connectivity index (χ0n) is 15.5. The SMILES string of the molecule is Cc1ccc(C)c(Sc2ccc(C#N)cc2S(=O)(=O)N2CCS(=O)(=O)CC2)c1. The second-order valence-electron chi connectivity index (χ2n) is 6.70. The van der Waals surface area contributed by atoms with Crippen LogP contribution in [0.15, 0.2) is 51.1 Å². The van der Waals surface area contributed by atoms with Gasteiger partial charge in [-0.3, -0.25) is 0 Å². The highest BCUT2D eigenvalue weighted by atomic mass is 32.2. The maximum atomic E-state index is 13.2. The van der Waals surface area contributed by atoms with E-state index in [0.717, 1.165) is 16.0 Å². The van der Waals surface area contributed by atoms with Gasteiger partial charge in [0.25, 0.3) is 0 Å². The minimum absolute atomic E-state index is 0.0387. The minimum atomic E-state index is -3.92. The monoisotopic (exact) mass is 436 g/mol. The van der Waals surface area contributed by atoms with Gasteiger partial charge in [-0.2, -0.15) is 9.57 Å². The zero-order chi connectivity index (χ0) is 20.5. The Balaban J connectivity index is 2.04. The van der Waals surface area contributed by atoms with Crippen LogP contribution in [0.25, 0.3) is 0 Å². The Labute approximate surface area is 170 Å². The first kappa shape index (κ1) is 20.9. The summed E-state index contributed by atoms with van der Waals surface area (Å²) in [5.41, 5.74) is 2.33. The van der Waals surface area contributed by atoms with E-state index in [1.807, 2.05) is 38.1 Å². The van der Waals surface area contributed by atoms with E-state index < -0.39 is 19.9 Å². The average Bonchev–Trinajstić information content (AvgIpc) is 2.64. The van der Waals surface area contributed by atoms with Gasteiger partial charge >= 0.3 is 0 Å². The Bertz CT molecular complexity index is 1150. The number of hydrogen-bond acceptors (Lipinski definition) is 6. The van der Waals surface area contributed by atoms with Gasteiger partial charge in [0.05, 0.1) is 28.0 Å². The molecule has 0 N–H and O–H groups in total. The highest BCUT2D eigenvalue weighted by Gasteiger charge is 2.33. The number of hydrogen-bond donors (Lipinski definition) is 0. The lowest BCUT2D eigenvalue weighted by atomic mass is 10.2. The van der Waals surface area contributed by atoms with Gasteiger partial charge in [0.2, 0.25) is 10.0 Å². The summed E-state index contributed by atoms with van der Waals surface area (Å²) in [5, 5.41) is 9.22. The molecule has 0 aromatic heterocycles. The molecule has 0 amide bonds. The van der Waals surface area contributed by atoms with Gasteiger partial charge < -0.3 is 0 Å². The van der Waals surface area contributed by atoms with Crippen LogP contribution in [0.1, 0.15) is 16.7 Å². The van der Waals surface area contributed by atoms with Crippen LogP contribution < -0.4 is 0 Å². The summed E-state index contributed by atoms with van der Waals surface area (Å²) < 4.78 is 51.0. The van der Waals surface area contributed by atoms with Gasteiger partial charge in [-0.1, -0.05) is 23.9 Å². The molecule has 6 nitrogen and oxygen atoms in total. The van der Waals surface area contributed by atoms with Crippen molar-refractivity contribution in [1.82, 2.24) is 4.31 Å². The quantitative estimate of drug-likeness (QED) is 0.731. The lowest BCUT2D eigenvalue weighted by molar-refractivity contribution is 0.429. The second kappa shape index (κ2) is 7.87. The maximum Gasteiger partial charge on any atom is 0.244 e. The van der Waals surface area contributed by atoms with E-state index in [4.69, 9.17) is 0 Å². The van der Waals surface area contributed by atoms with E-state index >= 15 is 0 Å². The van der Waals surface area contributed by atoms with Crippen molar-refractivity contribution in [2.45, 2.75) is 28.5 Å². The number of rotatable bonds is 4. The van der Waals surface area contributed by atoms with Crippen molar-refractivity contribution in [3.05, 3.63) is 53.1 Å². The molecule has 1 aliphatic heterocycles. The van der Waals surface area contributed by atoms with Gasteiger partial charge in [-0.25, -0.2) is 16.8 Å². The van der Waals surface area contributed by atoms with E-state index in [-0.39, 0.29) is 35.1 Å². The van der Waals surface area contributed by atoms with Crippen LogP contribution in [0, 0.1) is 25.2 Å². The number of benzene rings is 2. The molecule has 3 rings (SSSR count). The molecule has 0 saturated carbocycles. The maximum absolute atomic E-state index is 13.2. The largest absolute Gasteiger partial charge is 0.244 e. The van der Waals surface area contributed by atoms with Crippen molar-refractivity contribution >= 4 is 31.6 Å². The Kier molecular flexibility index (Phi) is 5.87. The number of sulfone groups is 1. The molecule has 1 heterocycles. The molecule has 0 aliphatic carbocycles. The summed E-state index contributed by atoms with van der Waals surface area (Å²) in [7, 11) is -7.13. The highest BCUT2D eigenvalue weighted by Crippen LogP contribution is 2.37. The zero-order valence-corrected chi connectivity index (χ0v) is 18.0. The molecule has 2 aromatic rings. The molecule has 148 valence electrons. The summed E-state index contributed by atoms with van der Waals surface area (Å²) in [6.07, 6.45) is 0. The van der Waals surface area contributed by atoms with Crippen molar-refractivity contribution in [2.75, 3.05) is 24.6 Å². The molecule has 0 unspecified atom stereocenters. The Morgan fingerprint density at radius 2 is 1.71 bits per heavy atom. The van der Waals surface area contributed by atoms with Crippen LogP contribution in [-0.4, -0.2) is 45.7 Å². The summed E-state index contributed by atoms with van der Waals surface area (Å²) >= 11 is 1.33. The van der Waals surface area contributed by atoms with Gasteiger partial charge in [0.15, 0.2) is 9.84 Å². The molecule has 0 spiro atoms. The van der Waals surface area contributed by atoms with Gasteiger partial charge in [-0.05, 0) is 49.2 Å². The first-order valence-corrected chi connectivity index (χ1v) is 12.7. The Morgan fingerprint density at radius 3 is 2.36 bits per heavy atom. The average molecular weight is 437 g/mol. The van der Waals surface area contributed by atoms with Crippen LogP contribution >= 0.6 is 11.8 Å². The van der Waals surface area contributed by atoms with Crippen LogP contribution in [-0.2, 0) is 19.9 Å². The van der Waals surface area contributed by atoms with Crippen LogP contribution in [0.2, 0.25) is 0 Å². The number of sulfonamides is 1. The van der Waals surface area contributed by atoms with E-state index in [1.54, 1.807) is 12.1 Å². The predicted molar refractivity (Wildman–Crippen MR) is 109 cm³/mol. The molecular formula is C19H20N2O4S3. The smallest absolute Gasteiger partial charge is 0.229 e. The van der Waals surface area contributed by atoms with Crippen molar-refractivity contribution < 1.29 is 16.8 Å². The van der Waals surface area contributed by atoms with E-state index in [2.05, 4.69) is 0 Å². The molecule has 1 aliphatic rings.